The van der Waals surface area contributed by atoms with Crippen molar-refractivity contribution in [2.45, 2.75) is 121 Å². The van der Waals surface area contributed by atoms with Gasteiger partial charge in [0.05, 0.1) is 17.9 Å². The van der Waals surface area contributed by atoms with Crippen LogP contribution in [0, 0.1) is 0 Å². The fourth-order valence-corrected chi connectivity index (χ4v) is 4.87. The Morgan fingerprint density at radius 3 is 1.73 bits per heavy atom. The van der Waals surface area contributed by atoms with Crippen LogP contribution in [0.2, 0.25) is 0 Å². The lowest BCUT2D eigenvalue weighted by Crippen LogP contribution is -2.21. The number of benzene rings is 1. The van der Waals surface area contributed by atoms with Gasteiger partial charge in [0, 0.05) is 12.3 Å². The molecule has 0 heterocycles. The van der Waals surface area contributed by atoms with Gasteiger partial charge in [-0.15, -0.1) is 0 Å². The molecule has 0 amide bonds. The maximum Gasteiger partial charge on any atom is 0.339 e. The highest BCUT2D eigenvalue weighted by molar-refractivity contribution is 9.09. The number of esters is 1. The van der Waals surface area contributed by atoms with Gasteiger partial charge in [0.25, 0.3) is 10.1 Å². The zero-order valence-electron chi connectivity index (χ0n) is 24.3. The molecule has 0 aliphatic carbocycles. The average Bonchev–Trinajstić information content (AvgIpc) is 2.89. The van der Waals surface area contributed by atoms with Gasteiger partial charge in [-0.3, -0.25) is 14.1 Å². The quantitative estimate of drug-likeness (QED) is 0.0495. The Bertz CT molecular complexity index is 981. The van der Waals surface area contributed by atoms with Crippen LogP contribution in [0.5, 0.6) is 5.75 Å². The van der Waals surface area contributed by atoms with E-state index in [2.05, 4.69) is 27.6 Å². The van der Waals surface area contributed by atoms with Gasteiger partial charge >= 0.3 is 17.9 Å². The number of carboxylic acids is 2. The summed E-state index contributed by atoms with van der Waals surface area (Å²) in [7, 11) is -4.45. The molecule has 0 aromatic heterocycles. The van der Waals surface area contributed by atoms with E-state index in [4.69, 9.17) is 14.4 Å². The molecule has 3 N–H and O–H groups in total. The topological polar surface area (TPSA) is 164 Å². The zero-order chi connectivity index (χ0) is 31.1. The van der Waals surface area contributed by atoms with Gasteiger partial charge in [0.2, 0.25) is 0 Å². The lowest BCUT2D eigenvalue weighted by atomic mass is 10.0. The fraction of sp³-hybridized carbons (Fsp3) is 0.690. The lowest BCUT2D eigenvalue weighted by Gasteiger charge is -2.10. The Morgan fingerprint density at radius 1 is 0.854 bits per heavy atom. The van der Waals surface area contributed by atoms with Gasteiger partial charge in [0.1, 0.15) is 17.4 Å². The van der Waals surface area contributed by atoms with Crippen molar-refractivity contribution in [3.63, 3.8) is 0 Å². The summed E-state index contributed by atoms with van der Waals surface area (Å²) in [5, 5.41) is 17.9. The van der Waals surface area contributed by atoms with Crippen molar-refractivity contribution >= 4 is 44.0 Å². The fourth-order valence-electron chi connectivity index (χ4n) is 4.00. The minimum absolute atomic E-state index is 0.115. The Labute approximate surface area is 253 Å². The summed E-state index contributed by atoms with van der Waals surface area (Å²) in [4.78, 5) is 31.3. The number of aromatic carboxylic acids is 1. The Hall–Kier alpha value is -2.18. The lowest BCUT2D eigenvalue weighted by molar-refractivity contribution is -0.149. The van der Waals surface area contributed by atoms with E-state index in [1.807, 2.05) is 0 Å². The van der Waals surface area contributed by atoms with Crippen molar-refractivity contribution in [3.8, 4) is 5.75 Å². The Kier molecular flexibility index (Phi) is 22.1. The molecule has 1 rings (SSSR count). The van der Waals surface area contributed by atoms with E-state index in [-0.39, 0.29) is 17.7 Å². The van der Waals surface area contributed by atoms with Crippen molar-refractivity contribution in [2.75, 3.05) is 11.9 Å². The van der Waals surface area contributed by atoms with Crippen LogP contribution in [0.3, 0.4) is 0 Å². The molecule has 0 aliphatic rings. The molecule has 1 aromatic carbocycles. The molecule has 236 valence electrons. The highest BCUT2D eigenvalue weighted by atomic mass is 79.9. The number of halogens is 1. The molecule has 1 atom stereocenters. The molecule has 12 heteroatoms. The molecule has 0 bridgehead atoms. The monoisotopic (exact) mass is 666 g/mol. The van der Waals surface area contributed by atoms with Crippen LogP contribution in [0.15, 0.2) is 23.1 Å². The highest BCUT2D eigenvalue weighted by Gasteiger charge is 2.18. The number of carboxylic acid groups (broad SMARTS) is 2. The van der Waals surface area contributed by atoms with Gasteiger partial charge < -0.3 is 19.7 Å². The summed E-state index contributed by atoms with van der Waals surface area (Å²) in [6.45, 7) is 3.87. The van der Waals surface area contributed by atoms with Crippen LogP contribution in [-0.2, 0) is 24.4 Å². The van der Waals surface area contributed by atoms with Crippen LogP contribution in [0.25, 0.3) is 0 Å². The van der Waals surface area contributed by atoms with Gasteiger partial charge in [-0.25, -0.2) is 4.79 Å². The van der Waals surface area contributed by atoms with Crippen molar-refractivity contribution in [3.05, 3.63) is 23.8 Å². The first-order valence-electron chi connectivity index (χ1n) is 14.3. The predicted octanol–water partition coefficient (Wildman–Crippen LogP) is 7.28. The second kappa shape index (κ2) is 23.4. The van der Waals surface area contributed by atoms with Gasteiger partial charge in [0.15, 0.2) is 0 Å². The first-order valence-corrected chi connectivity index (χ1v) is 16.9. The van der Waals surface area contributed by atoms with Crippen molar-refractivity contribution in [2.24, 2.45) is 0 Å². The number of unbranched alkanes of at least 4 members (excludes halogenated alkanes) is 13. The van der Waals surface area contributed by atoms with Gasteiger partial charge in [-0.05, 0) is 24.6 Å². The third-order valence-electron chi connectivity index (χ3n) is 6.14. The molecule has 0 aliphatic heterocycles. The van der Waals surface area contributed by atoms with Crippen molar-refractivity contribution in [1.29, 1.82) is 0 Å². The molecule has 0 saturated carbocycles. The largest absolute Gasteiger partial charge is 0.493 e. The SMILES string of the molecule is CC(=O)O[C@H](CBr)CC(=O)O.CCCCCCCCCCCCCCCCOc1ccc(S(=O)(=O)O)cc1C(=O)O. The number of carbonyl (C=O) groups is 3. The van der Waals surface area contributed by atoms with E-state index in [0.29, 0.717) is 11.9 Å². The van der Waals surface area contributed by atoms with E-state index in [0.717, 1.165) is 31.4 Å². The summed E-state index contributed by atoms with van der Waals surface area (Å²) in [6, 6.07) is 3.33. The third kappa shape index (κ3) is 21.2. The number of alkyl halides is 1. The molecule has 1 aromatic rings. The number of rotatable bonds is 22. The van der Waals surface area contributed by atoms with Crippen molar-refractivity contribution in [1.82, 2.24) is 0 Å². The highest BCUT2D eigenvalue weighted by Crippen LogP contribution is 2.23. The summed E-state index contributed by atoms with van der Waals surface area (Å²) in [5.74, 6) is -2.62. The van der Waals surface area contributed by atoms with Gasteiger partial charge in [-0.2, -0.15) is 8.42 Å². The van der Waals surface area contributed by atoms with E-state index in [1.165, 1.54) is 83.6 Å². The second-order valence-corrected chi connectivity index (χ2v) is 11.9. The van der Waals surface area contributed by atoms with E-state index in [1.54, 1.807) is 0 Å². The maximum atomic E-state index is 11.3. The molecule has 0 unspecified atom stereocenters. The predicted molar refractivity (Wildman–Crippen MR) is 161 cm³/mol. The van der Waals surface area contributed by atoms with Crippen LogP contribution < -0.4 is 4.74 Å². The number of carbonyl (C=O) groups excluding carboxylic acids is 1. The summed E-state index contributed by atoms with van der Waals surface area (Å²) in [6.07, 6.45) is 16.9. The number of aliphatic carboxylic acids is 1. The van der Waals surface area contributed by atoms with Gasteiger partial charge in [-0.1, -0.05) is 106 Å². The molecular weight excluding hydrogens is 620 g/mol. The van der Waals surface area contributed by atoms with E-state index >= 15 is 0 Å². The molecule has 41 heavy (non-hydrogen) atoms. The summed E-state index contributed by atoms with van der Waals surface area (Å²) < 4.78 is 41.5. The molecule has 0 spiro atoms. The number of hydrogen-bond acceptors (Lipinski definition) is 7. The minimum Gasteiger partial charge on any atom is -0.493 e. The van der Waals surface area contributed by atoms with Crippen LogP contribution in [-0.4, -0.2) is 59.1 Å². The third-order valence-corrected chi connectivity index (χ3v) is 7.71. The molecule has 10 nitrogen and oxygen atoms in total. The zero-order valence-corrected chi connectivity index (χ0v) is 26.7. The van der Waals surface area contributed by atoms with Crippen molar-refractivity contribution < 1.29 is 47.0 Å². The number of ether oxygens (including phenoxy) is 2. The van der Waals surface area contributed by atoms with Crippen LogP contribution >= 0.6 is 15.9 Å². The van der Waals surface area contributed by atoms with E-state index in [9.17, 15) is 27.9 Å². The number of hydrogen-bond donors (Lipinski definition) is 3. The van der Waals surface area contributed by atoms with E-state index < -0.39 is 39.0 Å². The first kappa shape index (κ1) is 38.8. The minimum atomic E-state index is -4.45. The standard InChI is InChI=1S/C23H38O6S.C6H9BrO4/c1-2-3-4-5-6-7-8-9-10-11-12-13-14-15-18-29-22-17-16-20(30(26,27)28)19-21(22)23(24)25;1-4(8)11-5(3-7)2-6(9)10/h16-17,19H,2-15,18H2,1H3,(H,24,25)(H,26,27,28);5H,2-3H2,1H3,(H,9,10)/t;5-/m.0/s1. The molecule has 0 saturated heterocycles. The van der Waals surface area contributed by atoms with Crippen LogP contribution in [0.1, 0.15) is 121 Å². The summed E-state index contributed by atoms with van der Waals surface area (Å²) in [5.41, 5.74) is -0.268. The smallest absolute Gasteiger partial charge is 0.339 e. The Morgan fingerprint density at radius 2 is 1.34 bits per heavy atom. The molecular formula is C29H47BrO10S. The normalized spacial score (nSPS) is 11.7. The first-order chi connectivity index (χ1) is 19.4. The summed E-state index contributed by atoms with van der Waals surface area (Å²) >= 11 is 3.03. The molecule has 0 radical (unpaired) electrons. The average molecular weight is 668 g/mol. The second-order valence-electron chi connectivity index (χ2n) is 9.87. The van der Waals surface area contributed by atoms with Crippen LogP contribution in [0.4, 0.5) is 0 Å². The maximum absolute atomic E-state index is 11.3. The molecule has 0 fully saturated rings. The Balaban J connectivity index is 0.00000122.